The van der Waals surface area contributed by atoms with Crippen molar-refractivity contribution in [3.63, 3.8) is 0 Å². The third-order valence-electron chi connectivity index (χ3n) is 7.82. The average Bonchev–Trinajstić information content (AvgIpc) is 3.23. The monoisotopic (exact) mass is 472 g/mol. The number of carbonyl (C=O) groups excluding carboxylic acids is 1. The number of para-hydroxylation sites is 2. The molecule has 0 bridgehead atoms. The molecule has 4 aromatic rings. The molecular formula is C32H28N2O2. The third-order valence-corrected chi connectivity index (χ3v) is 7.82. The molecule has 0 saturated heterocycles. The van der Waals surface area contributed by atoms with Crippen LogP contribution in [0.5, 0.6) is 0 Å². The lowest BCUT2D eigenvalue weighted by Gasteiger charge is -2.44. The second kappa shape index (κ2) is 8.27. The van der Waals surface area contributed by atoms with E-state index in [0.29, 0.717) is 5.56 Å². The van der Waals surface area contributed by atoms with Gasteiger partial charge in [0.05, 0.1) is 5.56 Å². The standard InChI is InChI=1S/C32H28N2O2/c35-31-28-17-7-8-18-29(28)32(36-31,34(26-13-3-1-4-14-26)27-15-5-2-6-16-27)25-21-23-11-9-19-33-20-10-12-24(22-25)30(23)33/h1-8,13-18,21-22H,9-12,19-20H2. The zero-order valence-electron chi connectivity index (χ0n) is 20.2. The number of ether oxygens (including phenoxy) is 1. The number of cyclic esters (lactones) is 1. The average molecular weight is 473 g/mol. The van der Waals surface area contributed by atoms with Gasteiger partial charge >= 0.3 is 5.97 Å². The summed E-state index contributed by atoms with van der Waals surface area (Å²) in [7, 11) is 0. The number of carbonyl (C=O) groups is 1. The van der Waals surface area contributed by atoms with Crippen molar-refractivity contribution >= 4 is 23.0 Å². The first-order valence-electron chi connectivity index (χ1n) is 12.9. The van der Waals surface area contributed by atoms with Crippen LogP contribution in [0.4, 0.5) is 17.1 Å². The first-order valence-corrected chi connectivity index (χ1v) is 12.9. The van der Waals surface area contributed by atoms with Crippen LogP contribution in [0.25, 0.3) is 0 Å². The predicted molar refractivity (Wildman–Crippen MR) is 143 cm³/mol. The van der Waals surface area contributed by atoms with Gasteiger partial charge in [-0.15, -0.1) is 0 Å². The van der Waals surface area contributed by atoms with E-state index in [2.05, 4.69) is 52.3 Å². The Bertz CT molecular complexity index is 1380. The second-order valence-electron chi connectivity index (χ2n) is 9.92. The molecule has 4 nitrogen and oxygen atoms in total. The van der Waals surface area contributed by atoms with Gasteiger partial charge in [-0.3, -0.25) is 4.90 Å². The molecule has 0 spiro atoms. The molecule has 0 amide bonds. The maximum Gasteiger partial charge on any atom is 0.341 e. The normalized spacial score (nSPS) is 19.9. The summed E-state index contributed by atoms with van der Waals surface area (Å²) >= 11 is 0. The maximum atomic E-state index is 13.5. The smallest absolute Gasteiger partial charge is 0.341 e. The fourth-order valence-corrected chi connectivity index (χ4v) is 6.38. The van der Waals surface area contributed by atoms with Crippen molar-refractivity contribution in [1.29, 1.82) is 0 Å². The molecule has 7 rings (SSSR count). The number of aryl methyl sites for hydroxylation is 2. The fraction of sp³-hybridized carbons (Fsp3) is 0.219. The van der Waals surface area contributed by atoms with Crippen LogP contribution in [0.2, 0.25) is 0 Å². The van der Waals surface area contributed by atoms with Gasteiger partial charge in [-0.05, 0) is 79.3 Å². The van der Waals surface area contributed by atoms with Crippen molar-refractivity contribution < 1.29 is 9.53 Å². The minimum absolute atomic E-state index is 0.282. The van der Waals surface area contributed by atoms with E-state index in [1.54, 1.807) is 0 Å². The van der Waals surface area contributed by atoms with Crippen LogP contribution in [0.15, 0.2) is 97.1 Å². The van der Waals surface area contributed by atoms with Gasteiger partial charge in [0, 0.05) is 41.3 Å². The van der Waals surface area contributed by atoms with Crippen molar-refractivity contribution in [1.82, 2.24) is 0 Å². The summed E-state index contributed by atoms with van der Waals surface area (Å²) in [5, 5.41) is 0. The molecule has 3 aliphatic rings. The zero-order chi connectivity index (χ0) is 24.1. The van der Waals surface area contributed by atoms with Crippen LogP contribution >= 0.6 is 0 Å². The van der Waals surface area contributed by atoms with Crippen molar-refractivity contribution in [2.24, 2.45) is 0 Å². The molecule has 3 aliphatic heterocycles. The Labute approximate surface area is 211 Å². The Kier molecular flexibility index (Phi) is 4.88. The maximum absolute atomic E-state index is 13.5. The number of anilines is 3. The summed E-state index contributed by atoms with van der Waals surface area (Å²) in [6.45, 7) is 2.25. The number of hydrogen-bond acceptors (Lipinski definition) is 4. The zero-order valence-corrected chi connectivity index (χ0v) is 20.2. The number of fused-ring (bicyclic) bond motifs is 1. The molecule has 0 saturated carbocycles. The molecular weight excluding hydrogens is 444 g/mol. The van der Waals surface area contributed by atoms with Crippen LogP contribution in [-0.2, 0) is 23.3 Å². The summed E-state index contributed by atoms with van der Waals surface area (Å²) in [6, 6.07) is 33.0. The Morgan fingerprint density at radius 2 is 1.28 bits per heavy atom. The number of rotatable bonds is 4. The Morgan fingerprint density at radius 3 is 1.89 bits per heavy atom. The summed E-state index contributed by atoms with van der Waals surface area (Å²) < 4.78 is 6.59. The van der Waals surface area contributed by atoms with E-state index in [9.17, 15) is 4.79 Å². The molecule has 3 heterocycles. The van der Waals surface area contributed by atoms with E-state index < -0.39 is 5.72 Å². The van der Waals surface area contributed by atoms with Crippen LogP contribution < -0.4 is 9.80 Å². The molecule has 0 radical (unpaired) electrons. The molecule has 4 aromatic carbocycles. The van der Waals surface area contributed by atoms with E-state index in [1.807, 2.05) is 54.6 Å². The van der Waals surface area contributed by atoms with Crippen LogP contribution in [0.3, 0.4) is 0 Å². The molecule has 4 heteroatoms. The molecule has 178 valence electrons. The lowest BCUT2D eigenvalue weighted by molar-refractivity contribution is 0.0133. The number of esters is 1. The topological polar surface area (TPSA) is 32.8 Å². The first-order chi connectivity index (χ1) is 17.8. The Balaban J connectivity index is 1.55. The van der Waals surface area contributed by atoms with E-state index in [1.165, 1.54) is 16.8 Å². The van der Waals surface area contributed by atoms with Gasteiger partial charge in [-0.25, -0.2) is 4.79 Å². The minimum Gasteiger partial charge on any atom is -0.426 e. The number of benzene rings is 4. The van der Waals surface area contributed by atoms with Crippen LogP contribution in [0, 0.1) is 0 Å². The van der Waals surface area contributed by atoms with Gasteiger partial charge in [0.25, 0.3) is 0 Å². The molecule has 0 aliphatic carbocycles. The van der Waals surface area contributed by atoms with E-state index in [4.69, 9.17) is 4.74 Å². The van der Waals surface area contributed by atoms with Crippen molar-refractivity contribution in [3.8, 4) is 0 Å². The third kappa shape index (κ3) is 3.10. The van der Waals surface area contributed by atoms with E-state index in [-0.39, 0.29) is 5.97 Å². The minimum atomic E-state index is -1.11. The molecule has 36 heavy (non-hydrogen) atoms. The number of nitrogens with zero attached hydrogens (tertiary/aromatic N) is 2. The molecule has 1 unspecified atom stereocenters. The summed E-state index contributed by atoms with van der Waals surface area (Å²) in [6.07, 6.45) is 4.41. The van der Waals surface area contributed by atoms with Crippen molar-refractivity contribution in [3.05, 3.63) is 125 Å². The summed E-state index contributed by atoms with van der Waals surface area (Å²) in [5.41, 5.74) is 7.52. The highest BCUT2D eigenvalue weighted by atomic mass is 16.6. The van der Waals surface area contributed by atoms with Gasteiger partial charge in [-0.2, -0.15) is 0 Å². The second-order valence-corrected chi connectivity index (χ2v) is 9.92. The van der Waals surface area contributed by atoms with Gasteiger partial charge in [-0.1, -0.05) is 54.6 Å². The highest BCUT2D eigenvalue weighted by Crippen LogP contribution is 2.51. The van der Waals surface area contributed by atoms with Crippen molar-refractivity contribution in [2.45, 2.75) is 31.4 Å². The van der Waals surface area contributed by atoms with Gasteiger partial charge < -0.3 is 9.64 Å². The van der Waals surface area contributed by atoms with Gasteiger partial charge in [0.15, 0.2) is 0 Å². The Morgan fingerprint density at radius 1 is 0.722 bits per heavy atom. The lowest BCUT2D eigenvalue weighted by Crippen LogP contribution is -2.45. The van der Waals surface area contributed by atoms with E-state index >= 15 is 0 Å². The van der Waals surface area contributed by atoms with Gasteiger partial charge in [0.1, 0.15) is 0 Å². The van der Waals surface area contributed by atoms with Crippen LogP contribution in [-0.4, -0.2) is 19.1 Å². The first kappa shape index (κ1) is 21.3. The quantitative estimate of drug-likeness (QED) is 0.314. The molecule has 0 aromatic heterocycles. The molecule has 1 atom stereocenters. The van der Waals surface area contributed by atoms with Gasteiger partial charge in [0.2, 0.25) is 5.72 Å². The van der Waals surface area contributed by atoms with Crippen molar-refractivity contribution in [2.75, 3.05) is 22.9 Å². The van der Waals surface area contributed by atoms with E-state index in [0.717, 1.165) is 61.3 Å². The molecule has 0 fully saturated rings. The Hall–Kier alpha value is -4.05. The van der Waals surface area contributed by atoms with Crippen LogP contribution in [0.1, 0.15) is 45.5 Å². The fourth-order valence-electron chi connectivity index (χ4n) is 6.38. The molecule has 0 N–H and O–H groups in total. The SMILES string of the molecule is O=C1OC(c2cc3c4c(c2)CCCN4CCC3)(N(c2ccccc2)c2ccccc2)c2ccccc21. The lowest BCUT2D eigenvalue weighted by atomic mass is 9.84. The highest BCUT2D eigenvalue weighted by Gasteiger charge is 2.53. The summed E-state index contributed by atoms with van der Waals surface area (Å²) in [5.74, 6) is -0.282. The largest absolute Gasteiger partial charge is 0.426 e. The highest BCUT2D eigenvalue weighted by molar-refractivity contribution is 5.97. The summed E-state index contributed by atoms with van der Waals surface area (Å²) in [4.78, 5) is 18.2. The number of hydrogen-bond donors (Lipinski definition) is 0. The predicted octanol–water partition coefficient (Wildman–Crippen LogP) is 6.60.